The fourth-order valence-electron chi connectivity index (χ4n) is 3.23. The minimum Gasteiger partial charge on any atom is -0.392 e. The summed E-state index contributed by atoms with van der Waals surface area (Å²) in [6, 6.07) is 8.07. The van der Waals surface area contributed by atoms with Crippen LogP contribution in [0.3, 0.4) is 0 Å². The second-order valence-corrected chi connectivity index (χ2v) is 6.50. The first kappa shape index (κ1) is 16.0. The highest BCUT2D eigenvalue weighted by Crippen LogP contribution is 2.37. The third-order valence-corrected chi connectivity index (χ3v) is 5.01. The molecule has 1 saturated carbocycles. The third-order valence-electron chi connectivity index (χ3n) is 4.62. The Morgan fingerprint density at radius 1 is 1.29 bits per heavy atom. The number of benzene rings is 1. The molecule has 1 unspecified atom stereocenters. The van der Waals surface area contributed by atoms with Crippen molar-refractivity contribution in [3.8, 4) is 0 Å². The Kier molecular flexibility index (Phi) is 4.99. The SMILES string of the molecule is Cc1ccccc1C(C)NC(=O)C1(C(N)=S)CCCCC1. The molecule has 2 rings (SSSR count). The van der Waals surface area contributed by atoms with Crippen molar-refractivity contribution < 1.29 is 4.79 Å². The summed E-state index contributed by atoms with van der Waals surface area (Å²) in [4.78, 5) is 13.1. The van der Waals surface area contributed by atoms with E-state index in [1.165, 1.54) is 5.56 Å². The highest BCUT2D eigenvalue weighted by atomic mass is 32.1. The molecule has 0 saturated heterocycles. The van der Waals surface area contributed by atoms with Crippen LogP contribution in [-0.4, -0.2) is 10.9 Å². The molecule has 0 aliphatic heterocycles. The van der Waals surface area contributed by atoms with E-state index >= 15 is 0 Å². The van der Waals surface area contributed by atoms with Crippen LogP contribution in [-0.2, 0) is 4.79 Å². The van der Waals surface area contributed by atoms with Crippen molar-refractivity contribution in [3.63, 3.8) is 0 Å². The van der Waals surface area contributed by atoms with Gasteiger partial charge in [0.05, 0.1) is 16.4 Å². The van der Waals surface area contributed by atoms with Crippen molar-refractivity contribution >= 4 is 23.1 Å². The number of carbonyl (C=O) groups excluding carboxylic acids is 1. The summed E-state index contributed by atoms with van der Waals surface area (Å²) >= 11 is 5.22. The van der Waals surface area contributed by atoms with Crippen LogP contribution in [0.25, 0.3) is 0 Å². The Morgan fingerprint density at radius 2 is 1.90 bits per heavy atom. The minimum atomic E-state index is -0.648. The van der Waals surface area contributed by atoms with Crippen LogP contribution in [0, 0.1) is 12.3 Å². The number of thiocarbonyl (C=S) groups is 1. The number of hydrogen-bond acceptors (Lipinski definition) is 2. The number of hydrogen-bond donors (Lipinski definition) is 2. The van der Waals surface area contributed by atoms with Crippen LogP contribution in [0.4, 0.5) is 0 Å². The molecular formula is C17H24N2OS. The van der Waals surface area contributed by atoms with Gasteiger partial charge in [0, 0.05) is 0 Å². The average Bonchev–Trinajstić information content (AvgIpc) is 2.48. The Hall–Kier alpha value is -1.42. The molecule has 0 aromatic heterocycles. The maximum atomic E-state index is 12.8. The van der Waals surface area contributed by atoms with E-state index in [0.29, 0.717) is 4.99 Å². The van der Waals surface area contributed by atoms with Gasteiger partial charge in [-0.1, -0.05) is 55.7 Å². The second-order valence-electron chi connectivity index (χ2n) is 6.06. The van der Waals surface area contributed by atoms with Gasteiger partial charge in [-0.05, 0) is 37.8 Å². The van der Waals surface area contributed by atoms with Gasteiger partial charge >= 0.3 is 0 Å². The van der Waals surface area contributed by atoms with E-state index in [1.54, 1.807) is 0 Å². The van der Waals surface area contributed by atoms with Crippen LogP contribution in [0.1, 0.15) is 56.2 Å². The van der Waals surface area contributed by atoms with Gasteiger partial charge < -0.3 is 11.1 Å². The fourth-order valence-corrected chi connectivity index (χ4v) is 3.52. The first-order chi connectivity index (χ1) is 9.97. The topological polar surface area (TPSA) is 55.1 Å². The molecule has 1 fully saturated rings. The summed E-state index contributed by atoms with van der Waals surface area (Å²) in [7, 11) is 0. The molecule has 0 bridgehead atoms. The second kappa shape index (κ2) is 6.56. The number of nitrogens with two attached hydrogens (primary N) is 1. The smallest absolute Gasteiger partial charge is 0.233 e. The molecular weight excluding hydrogens is 280 g/mol. The molecule has 1 atom stereocenters. The third kappa shape index (κ3) is 3.26. The summed E-state index contributed by atoms with van der Waals surface area (Å²) in [5, 5.41) is 3.12. The van der Waals surface area contributed by atoms with Crippen LogP contribution < -0.4 is 11.1 Å². The highest BCUT2D eigenvalue weighted by molar-refractivity contribution is 7.80. The predicted octanol–water partition coefficient (Wildman–Crippen LogP) is 3.41. The van der Waals surface area contributed by atoms with E-state index in [2.05, 4.69) is 24.4 Å². The normalized spacial score (nSPS) is 18.8. The zero-order valence-electron chi connectivity index (χ0n) is 12.8. The molecule has 1 aliphatic rings. The number of nitrogens with one attached hydrogen (secondary N) is 1. The zero-order chi connectivity index (χ0) is 15.5. The van der Waals surface area contributed by atoms with E-state index in [-0.39, 0.29) is 11.9 Å². The van der Waals surface area contributed by atoms with E-state index in [9.17, 15) is 4.79 Å². The standard InChI is InChI=1S/C17H24N2OS/c1-12-8-4-5-9-14(12)13(2)19-16(20)17(15(18)21)10-6-3-7-11-17/h4-5,8-9,13H,3,6-7,10-11H2,1-2H3,(H2,18,21)(H,19,20). The fraction of sp³-hybridized carbons (Fsp3) is 0.529. The number of amides is 1. The number of rotatable bonds is 4. The van der Waals surface area contributed by atoms with Crippen LogP contribution in [0.2, 0.25) is 0 Å². The highest BCUT2D eigenvalue weighted by Gasteiger charge is 2.42. The molecule has 21 heavy (non-hydrogen) atoms. The lowest BCUT2D eigenvalue weighted by atomic mass is 9.73. The molecule has 1 amide bonds. The molecule has 4 heteroatoms. The van der Waals surface area contributed by atoms with Gasteiger partial charge in [-0.3, -0.25) is 4.79 Å². The monoisotopic (exact) mass is 304 g/mol. The number of carbonyl (C=O) groups is 1. The molecule has 3 nitrogen and oxygen atoms in total. The van der Waals surface area contributed by atoms with Gasteiger partial charge in [-0.2, -0.15) is 0 Å². The van der Waals surface area contributed by atoms with Crippen LogP contribution in [0.15, 0.2) is 24.3 Å². The van der Waals surface area contributed by atoms with Crippen molar-refractivity contribution in [1.29, 1.82) is 0 Å². The molecule has 114 valence electrons. The lowest BCUT2D eigenvalue weighted by Crippen LogP contribution is -2.50. The predicted molar refractivity (Wildman–Crippen MR) is 90.0 cm³/mol. The Bertz CT molecular complexity index is 535. The Balaban J connectivity index is 2.16. The maximum Gasteiger partial charge on any atom is 0.233 e. The van der Waals surface area contributed by atoms with Gasteiger partial charge in [0.2, 0.25) is 5.91 Å². The van der Waals surface area contributed by atoms with Crippen molar-refractivity contribution in [2.24, 2.45) is 11.1 Å². The molecule has 1 aromatic carbocycles. The van der Waals surface area contributed by atoms with Crippen LogP contribution in [0.5, 0.6) is 0 Å². The molecule has 0 radical (unpaired) electrons. The zero-order valence-corrected chi connectivity index (χ0v) is 13.6. The Labute approximate surface area is 132 Å². The van der Waals surface area contributed by atoms with Crippen molar-refractivity contribution in [2.75, 3.05) is 0 Å². The summed E-state index contributed by atoms with van der Waals surface area (Å²) in [5.74, 6) is -0.00884. The van der Waals surface area contributed by atoms with Gasteiger partial charge in [0.15, 0.2) is 0 Å². The summed E-state index contributed by atoms with van der Waals surface area (Å²) < 4.78 is 0. The number of aryl methyl sites for hydroxylation is 1. The molecule has 3 N–H and O–H groups in total. The largest absolute Gasteiger partial charge is 0.392 e. The summed E-state index contributed by atoms with van der Waals surface area (Å²) in [5.41, 5.74) is 7.59. The van der Waals surface area contributed by atoms with Gasteiger partial charge in [0.25, 0.3) is 0 Å². The van der Waals surface area contributed by atoms with Gasteiger partial charge in [-0.15, -0.1) is 0 Å². The average molecular weight is 304 g/mol. The first-order valence-electron chi connectivity index (χ1n) is 7.64. The first-order valence-corrected chi connectivity index (χ1v) is 8.04. The lowest BCUT2D eigenvalue weighted by Gasteiger charge is -2.36. The molecule has 1 aromatic rings. The summed E-state index contributed by atoms with van der Waals surface area (Å²) in [6.45, 7) is 4.07. The Morgan fingerprint density at radius 3 is 2.48 bits per heavy atom. The van der Waals surface area contributed by atoms with Crippen molar-refractivity contribution in [2.45, 2.75) is 52.0 Å². The maximum absolute atomic E-state index is 12.8. The van der Waals surface area contributed by atoms with Gasteiger partial charge in [-0.25, -0.2) is 0 Å². The van der Waals surface area contributed by atoms with E-state index in [1.807, 2.05) is 19.1 Å². The molecule has 0 spiro atoms. The quantitative estimate of drug-likeness (QED) is 0.838. The van der Waals surface area contributed by atoms with E-state index in [4.69, 9.17) is 18.0 Å². The van der Waals surface area contributed by atoms with E-state index < -0.39 is 5.41 Å². The van der Waals surface area contributed by atoms with E-state index in [0.717, 1.165) is 37.7 Å². The van der Waals surface area contributed by atoms with Gasteiger partial charge in [0.1, 0.15) is 0 Å². The summed E-state index contributed by atoms with van der Waals surface area (Å²) in [6.07, 6.45) is 4.74. The van der Waals surface area contributed by atoms with Crippen molar-refractivity contribution in [1.82, 2.24) is 5.32 Å². The lowest BCUT2D eigenvalue weighted by molar-refractivity contribution is -0.129. The van der Waals surface area contributed by atoms with Crippen molar-refractivity contribution in [3.05, 3.63) is 35.4 Å². The minimum absolute atomic E-state index is 0.00884. The molecule has 0 heterocycles. The molecule has 1 aliphatic carbocycles. The van der Waals surface area contributed by atoms with Crippen LogP contribution >= 0.6 is 12.2 Å².